The van der Waals surface area contributed by atoms with Crippen LogP contribution in [0, 0.1) is 0 Å². The lowest BCUT2D eigenvalue weighted by atomic mass is 10.1. The topological polar surface area (TPSA) is 83.4 Å². The van der Waals surface area contributed by atoms with E-state index in [-0.39, 0.29) is 18.1 Å². The molecule has 3 unspecified atom stereocenters. The molecule has 2 heterocycles. The Balaban J connectivity index is 2.06. The summed E-state index contributed by atoms with van der Waals surface area (Å²) in [6, 6.07) is -0.0168. The molecule has 3 atom stereocenters. The Bertz CT molecular complexity index is 334. The van der Waals surface area contributed by atoms with Gasteiger partial charge in [0.05, 0.1) is 25.7 Å². The third-order valence-corrected chi connectivity index (χ3v) is 2.74. The number of rotatable bonds is 3. The molecule has 2 N–H and O–H groups in total. The van der Waals surface area contributed by atoms with Crippen LogP contribution < -0.4 is 5.73 Å². The summed E-state index contributed by atoms with van der Waals surface area (Å²) >= 11 is 0. The molecule has 2 rings (SSSR count). The number of hydrogen-bond acceptors (Lipinski definition) is 6. The van der Waals surface area contributed by atoms with E-state index in [1.807, 2.05) is 13.8 Å². The van der Waals surface area contributed by atoms with E-state index in [0.717, 1.165) is 0 Å². The molecular formula is C10H17N3O3. The molecule has 16 heavy (non-hydrogen) atoms. The predicted molar refractivity (Wildman–Crippen MR) is 55.9 cm³/mol. The number of hydrogen-bond donors (Lipinski definition) is 1. The van der Waals surface area contributed by atoms with Gasteiger partial charge in [0.15, 0.2) is 0 Å². The maximum Gasteiger partial charge on any atom is 0.231 e. The second-order valence-electron chi connectivity index (χ2n) is 4.07. The normalized spacial score (nSPS) is 25.3. The van der Waals surface area contributed by atoms with E-state index in [1.54, 1.807) is 0 Å². The molecule has 1 saturated heterocycles. The van der Waals surface area contributed by atoms with Crippen LogP contribution in [0.4, 0.5) is 0 Å². The fraction of sp³-hybridized carbons (Fsp3) is 0.800. The van der Waals surface area contributed by atoms with Crippen LogP contribution in [0.1, 0.15) is 37.6 Å². The number of aromatic nitrogens is 2. The summed E-state index contributed by atoms with van der Waals surface area (Å²) < 4.78 is 15.9. The first-order valence-electron chi connectivity index (χ1n) is 5.47. The van der Waals surface area contributed by atoms with Gasteiger partial charge in [0.2, 0.25) is 11.7 Å². The van der Waals surface area contributed by atoms with Crippen molar-refractivity contribution in [3.8, 4) is 0 Å². The maximum atomic E-state index is 5.77. The summed E-state index contributed by atoms with van der Waals surface area (Å²) in [4.78, 5) is 4.29. The van der Waals surface area contributed by atoms with Gasteiger partial charge in [-0.3, -0.25) is 0 Å². The molecule has 0 saturated carbocycles. The smallest absolute Gasteiger partial charge is 0.231 e. The Hall–Kier alpha value is -0.980. The van der Waals surface area contributed by atoms with E-state index in [1.165, 1.54) is 0 Å². The van der Waals surface area contributed by atoms with Gasteiger partial charge < -0.3 is 19.7 Å². The number of nitrogens with zero attached hydrogens (tertiary/aromatic N) is 2. The fourth-order valence-corrected chi connectivity index (χ4v) is 1.42. The van der Waals surface area contributed by atoms with Crippen LogP contribution in [-0.2, 0) is 9.47 Å². The van der Waals surface area contributed by atoms with Crippen molar-refractivity contribution in [1.29, 1.82) is 0 Å². The molecule has 0 aliphatic carbocycles. The molecule has 6 heteroatoms. The van der Waals surface area contributed by atoms with E-state index < -0.39 is 0 Å². The van der Waals surface area contributed by atoms with Crippen molar-refractivity contribution < 1.29 is 14.0 Å². The Labute approximate surface area is 94.1 Å². The maximum absolute atomic E-state index is 5.77. The van der Waals surface area contributed by atoms with Crippen molar-refractivity contribution in [2.24, 2.45) is 5.73 Å². The van der Waals surface area contributed by atoms with Crippen molar-refractivity contribution >= 4 is 0 Å². The Morgan fingerprint density at radius 3 is 2.81 bits per heavy atom. The van der Waals surface area contributed by atoms with E-state index in [4.69, 9.17) is 19.7 Å². The number of nitrogens with two attached hydrogens (primary N) is 1. The molecule has 90 valence electrons. The molecule has 1 aliphatic heterocycles. The lowest BCUT2D eigenvalue weighted by molar-refractivity contribution is -0.0941. The van der Waals surface area contributed by atoms with Crippen LogP contribution in [0.15, 0.2) is 4.52 Å². The molecule has 1 aromatic heterocycles. The van der Waals surface area contributed by atoms with E-state index in [2.05, 4.69) is 10.1 Å². The first-order chi connectivity index (χ1) is 7.68. The first-order valence-corrected chi connectivity index (χ1v) is 5.47. The standard InChI is InChI=1S/C10H17N3O3/c1-6(7(2)11)10-12-9(13-16-10)8-5-14-3-4-15-8/h6-8H,3-5,11H2,1-2H3. The van der Waals surface area contributed by atoms with Crippen LogP contribution in [0.5, 0.6) is 0 Å². The zero-order valence-corrected chi connectivity index (χ0v) is 9.55. The highest BCUT2D eigenvalue weighted by atomic mass is 16.6. The molecular weight excluding hydrogens is 210 g/mol. The molecule has 0 aromatic carbocycles. The Kier molecular flexibility index (Phi) is 3.52. The van der Waals surface area contributed by atoms with E-state index >= 15 is 0 Å². The third kappa shape index (κ3) is 2.40. The van der Waals surface area contributed by atoms with Gasteiger partial charge >= 0.3 is 0 Å². The average molecular weight is 227 g/mol. The predicted octanol–water partition coefficient (Wildman–Crippen LogP) is 0.608. The van der Waals surface area contributed by atoms with Crippen molar-refractivity contribution in [2.75, 3.05) is 19.8 Å². The van der Waals surface area contributed by atoms with Gasteiger partial charge in [-0.15, -0.1) is 0 Å². The van der Waals surface area contributed by atoms with Crippen LogP contribution in [-0.4, -0.2) is 36.0 Å². The minimum absolute atomic E-state index is 0.0168. The summed E-state index contributed by atoms with van der Waals surface area (Å²) in [5.74, 6) is 1.15. The van der Waals surface area contributed by atoms with Gasteiger partial charge in [-0.1, -0.05) is 12.1 Å². The fourth-order valence-electron chi connectivity index (χ4n) is 1.42. The molecule has 1 aliphatic rings. The van der Waals surface area contributed by atoms with Crippen molar-refractivity contribution in [2.45, 2.75) is 31.9 Å². The SMILES string of the molecule is CC(N)C(C)c1nc(C2COCCO2)no1. The minimum atomic E-state index is -0.216. The Morgan fingerprint density at radius 2 is 2.19 bits per heavy atom. The van der Waals surface area contributed by atoms with Gasteiger partial charge in [0.1, 0.15) is 6.10 Å². The largest absolute Gasteiger partial charge is 0.376 e. The molecule has 0 spiro atoms. The van der Waals surface area contributed by atoms with Crippen molar-refractivity contribution in [1.82, 2.24) is 10.1 Å². The average Bonchev–Trinajstić information content (AvgIpc) is 2.78. The monoisotopic (exact) mass is 227 g/mol. The molecule has 0 amide bonds. The van der Waals surface area contributed by atoms with E-state index in [9.17, 15) is 0 Å². The minimum Gasteiger partial charge on any atom is -0.376 e. The second-order valence-corrected chi connectivity index (χ2v) is 4.07. The number of ether oxygens (including phenoxy) is 2. The molecule has 6 nitrogen and oxygen atoms in total. The highest BCUT2D eigenvalue weighted by molar-refractivity contribution is 4.98. The summed E-state index contributed by atoms with van der Waals surface area (Å²) in [5, 5.41) is 3.90. The second kappa shape index (κ2) is 4.90. The van der Waals surface area contributed by atoms with Gasteiger partial charge in [-0.05, 0) is 6.92 Å². The molecule has 1 fully saturated rings. The lowest BCUT2D eigenvalue weighted by Crippen LogP contribution is -2.24. The van der Waals surface area contributed by atoms with Crippen LogP contribution >= 0.6 is 0 Å². The molecule has 0 bridgehead atoms. The van der Waals surface area contributed by atoms with Gasteiger partial charge in [0, 0.05) is 6.04 Å². The highest BCUT2D eigenvalue weighted by Crippen LogP contribution is 2.21. The zero-order valence-electron chi connectivity index (χ0n) is 9.55. The van der Waals surface area contributed by atoms with Gasteiger partial charge in [0.25, 0.3) is 0 Å². The first kappa shape index (κ1) is 11.5. The van der Waals surface area contributed by atoms with Gasteiger partial charge in [-0.25, -0.2) is 0 Å². The van der Waals surface area contributed by atoms with Crippen molar-refractivity contribution in [3.05, 3.63) is 11.7 Å². The molecule has 1 aromatic rings. The zero-order chi connectivity index (χ0) is 11.5. The summed E-state index contributed by atoms with van der Waals surface area (Å²) in [6.07, 6.45) is -0.216. The van der Waals surface area contributed by atoms with Crippen molar-refractivity contribution in [3.63, 3.8) is 0 Å². The highest BCUT2D eigenvalue weighted by Gasteiger charge is 2.24. The summed E-state index contributed by atoms with van der Waals surface area (Å²) in [6.45, 7) is 5.54. The van der Waals surface area contributed by atoms with E-state index in [0.29, 0.717) is 31.5 Å². The summed E-state index contributed by atoms with van der Waals surface area (Å²) in [7, 11) is 0. The summed E-state index contributed by atoms with van der Waals surface area (Å²) in [5.41, 5.74) is 5.77. The Morgan fingerprint density at radius 1 is 1.38 bits per heavy atom. The van der Waals surface area contributed by atoms with Crippen LogP contribution in [0.2, 0.25) is 0 Å². The quantitative estimate of drug-likeness (QED) is 0.814. The van der Waals surface area contributed by atoms with Gasteiger partial charge in [-0.2, -0.15) is 4.98 Å². The third-order valence-electron chi connectivity index (χ3n) is 2.74. The lowest BCUT2D eigenvalue weighted by Gasteiger charge is -2.19. The van der Waals surface area contributed by atoms with Crippen LogP contribution in [0.3, 0.4) is 0 Å². The van der Waals surface area contributed by atoms with Crippen LogP contribution in [0.25, 0.3) is 0 Å². The molecule has 0 radical (unpaired) electrons.